The van der Waals surface area contributed by atoms with E-state index in [2.05, 4.69) is 0 Å². The molecule has 2 unspecified atom stereocenters. The molecule has 0 aliphatic heterocycles. The molecule has 2 atom stereocenters. The molecule has 0 heterocycles. The van der Waals surface area contributed by atoms with E-state index in [1.807, 2.05) is 0 Å². The summed E-state index contributed by atoms with van der Waals surface area (Å²) in [5.41, 5.74) is 5.32. The highest BCUT2D eigenvalue weighted by atomic mass is 16.4. The summed E-state index contributed by atoms with van der Waals surface area (Å²) in [6, 6.07) is 0. The van der Waals surface area contributed by atoms with E-state index in [-0.39, 0.29) is 38.8 Å². The first-order valence-electron chi connectivity index (χ1n) is 5.64. The van der Waals surface area contributed by atoms with Gasteiger partial charge in [-0.15, -0.1) is 0 Å². The maximum atomic E-state index is 10.4. The Bertz CT molecular complexity index is 249. The van der Waals surface area contributed by atoms with Gasteiger partial charge in [-0.3, -0.25) is 14.5 Å². The molecular weight excluding hydrogens is 244 g/mol. The summed E-state index contributed by atoms with van der Waals surface area (Å²) in [6.07, 6.45) is -2.91. The van der Waals surface area contributed by atoms with Crippen molar-refractivity contribution in [2.45, 2.75) is 38.1 Å². The molecule has 0 aliphatic rings. The Morgan fingerprint density at radius 2 is 1.39 bits per heavy atom. The third-order valence-corrected chi connectivity index (χ3v) is 2.39. The van der Waals surface area contributed by atoms with Crippen LogP contribution in [0.25, 0.3) is 0 Å². The van der Waals surface area contributed by atoms with Gasteiger partial charge >= 0.3 is 11.9 Å². The smallest absolute Gasteiger partial charge is 0.303 e. The van der Waals surface area contributed by atoms with Gasteiger partial charge in [0.25, 0.3) is 0 Å². The van der Waals surface area contributed by atoms with E-state index in [1.165, 1.54) is 4.90 Å². The molecule has 0 radical (unpaired) electrons. The minimum Gasteiger partial charge on any atom is -0.481 e. The highest BCUT2D eigenvalue weighted by Crippen LogP contribution is 2.11. The molecule has 0 aliphatic carbocycles. The van der Waals surface area contributed by atoms with Gasteiger partial charge in [0.05, 0.1) is 0 Å². The monoisotopic (exact) mass is 264 g/mol. The Hall–Kier alpha value is -1.22. The van der Waals surface area contributed by atoms with Gasteiger partial charge in [0.1, 0.15) is 12.5 Å². The summed E-state index contributed by atoms with van der Waals surface area (Å²) < 4.78 is 0. The molecule has 0 bridgehead atoms. The van der Waals surface area contributed by atoms with Gasteiger partial charge in [0.2, 0.25) is 0 Å². The van der Waals surface area contributed by atoms with Crippen LogP contribution in [0.2, 0.25) is 0 Å². The lowest BCUT2D eigenvalue weighted by molar-refractivity contribution is -0.143. The molecule has 18 heavy (non-hydrogen) atoms. The van der Waals surface area contributed by atoms with Crippen LogP contribution in [0.15, 0.2) is 0 Å². The van der Waals surface area contributed by atoms with E-state index < -0.39 is 24.4 Å². The number of hydrogen-bond donors (Lipinski definition) is 5. The fourth-order valence-electron chi connectivity index (χ4n) is 1.48. The molecule has 0 saturated carbocycles. The third-order valence-electron chi connectivity index (χ3n) is 2.39. The minimum atomic E-state index is -1.16. The molecule has 0 saturated heterocycles. The SMILES string of the molecule is NCCN(C(O)CCC(=O)O)C(O)CCC(=O)O. The molecule has 6 N–H and O–H groups in total. The number of nitrogens with two attached hydrogens (primary N) is 1. The first-order chi connectivity index (χ1) is 8.38. The fraction of sp³-hybridized carbons (Fsp3) is 0.800. The maximum absolute atomic E-state index is 10.4. The normalized spacial score (nSPS) is 14.4. The average Bonchev–Trinajstić information content (AvgIpc) is 2.29. The zero-order chi connectivity index (χ0) is 14.1. The standard InChI is InChI=1S/C10H20N2O6/c11-5-6-12(7(13)1-3-9(15)16)8(14)2-4-10(17)18/h7-8,13-14H,1-6,11H2,(H,15,16)(H,17,18). The van der Waals surface area contributed by atoms with Crippen molar-refractivity contribution in [3.05, 3.63) is 0 Å². The van der Waals surface area contributed by atoms with Crippen molar-refractivity contribution >= 4 is 11.9 Å². The number of nitrogens with zero attached hydrogens (tertiary/aromatic N) is 1. The fourth-order valence-corrected chi connectivity index (χ4v) is 1.48. The number of carboxylic acids is 2. The molecule has 8 heteroatoms. The van der Waals surface area contributed by atoms with E-state index in [9.17, 15) is 19.8 Å². The van der Waals surface area contributed by atoms with Gasteiger partial charge in [-0.05, 0) is 12.8 Å². The van der Waals surface area contributed by atoms with Crippen LogP contribution in [0, 0.1) is 0 Å². The molecule has 0 aromatic carbocycles. The zero-order valence-electron chi connectivity index (χ0n) is 10.0. The van der Waals surface area contributed by atoms with Gasteiger partial charge < -0.3 is 26.2 Å². The van der Waals surface area contributed by atoms with Crippen molar-refractivity contribution in [1.29, 1.82) is 0 Å². The number of rotatable bonds is 10. The van der Waals surface area contributed by atoms with Crippen molar-refractivity contribution in [3.63, 3.8) is 0 Å². The summed E-state index contributed by atoms with van der Waals surface area (Å²) >= 11 is 0. The lowest BCUT2D eigenvalue weighted by atomic mass is 10.2. The van der Waals surface area contributed by atoms with E-state index in [4.69, 9.17) is 15.9 Å². The Balaban J connectivity index is 4.32. The Kier molecular flexibility index (Phi) is 8.21. The van der Waals surface area contributed by atoms with Crippen molar-refractivity contribution in [1.82, 2.24) is 4.90 Å². The second kappa shape index (κ2) is 8.81. The number of aliphatic carboxylic acids is 2. The van der Waals surface area contributed by atoms with Crippen LogP contribution in [0.1, 0.15) is 25.7 Å². The van der Waals surface area contributed by atoms with Crippen LogP contribution in [0.4, 0.5) is 0 Å². The van der Waals surface area contributed by atoms with Crippen molar-refractivity contribution in [2.24, 2.45) is 5.73 Å². The van der Waals surface area contributed by atoms with Gasteiger partial charge in [-0.25, -0.2) is 0 Å². The molecule has 0 fully saturated rings. The van der Waals surface area contributed by atoms with Crippen LogP contribution in [-0.4, -0.2) is 62.8 Å². The van der Waals surface area contributed by atoms with Crippen molar-refractivity contribution < 1.29 is 30.0 Å². The summed E-state index contributed by atoms with van der Waals surface area (Å²) in [4.78, 5) is 21.9. The van der Waals surface area contributed by atoms with Crippen LogP contribution in [0.5, 0.6) is 0 Å². The van der Waals surface area contributed by atoms with E-state index in [0.717, 1.165) is 0 Å². The molecule has 8 nitrogen and oxygen atoms in total. The quantitative estimate of drug-likeness (QED) is 0.303. The topological polar surface area (TPSA) is 144 Å². The average molecular weight is 264 g/mol. The predicted octanol–water partition coefficient (Wildman–Crippen LogP) is -1.39. The first-order valence-corrected chi connectivity index (χ1v) is 5.64. The summed E-state index contributed by atoms with van der Waals surface area (Å²) in [5.74, 6) is -2.11. The Morgan fingerprint density at radius 3 is 1.67 bits per heavy atom. The number of aliphatic hydroxyl groups excluding tert-OH is 2. The Labute approximate surface area is 105 Å². The molecule has 0 amide bonds. The molecule has 0 aromatic heterocycles. The second-order valence-corrected chi connectivity index (χ2v) is 3.85. The van der Waals surface area contributed by atoms with Gasteiger partial charge in [0, 0.05) is 25.9 Å². The third kappa shape index (κ3) is 7.17. The highest BCUT2D eigenvalue weighted by Gasteiger charge is 2.23. The van der Waals surface area contributed by atoms with Gasteiger partial charge in [-0.2, -0.15) is 0 Å². The van der Waals surface area contributed by atoms with Crippen LogP contribution in [0.3, 0.4) is 0 Å². The number of aliphatic hydroxyl groups is 2. The second-order valence-electron chi connectivity index (χ2n) is 3.85. The minimum absolute atomic E-state index is 0.0561. The molecule has 0 rings (SSSR count). The molecule has 0 aromatic rings. The van der Waals surface area contributed by atoms with Crippen LogP contribution < -0.4 is 5.73 Å². The zero-order valence-corrected chi connectivity index (χ0v) is 10.0. The van der Waals surface area contributed by atoms with Gasteiger partial charge in [0.15, 0.2) is 0 Å². The highest BCUT2D eigenvalue weighted by molar-refractivity contribution is 5.66. The van der Waals surface area contributed by atoms with Crippen LogP contribution >= 0.6 is 0 Å². The number of hydrogen-bond acceptors (Lipinski definition) is 6. The van der Waals surface area contributed by atoms with Crippen molar-refractivity contribution in [2.75, 3.05) is 13.1 Å². The Morgan fingerprint density at radius 1 is 1.00 bits per heavy atom. The number of carbonyl (C=O) groups is 2. The van der Waals surface area contributed by atoms with Crippen LogP contribution in [-0.2, 0) is 9.59 Å². The maximum Gasteiger partial charge on any atom is 0.303 e. The molecule has 106 valence electrons. The van der Waals surface area contributed by atoms with Crippen molar-refractivity contribution in [3.8, 4) is 0 Å². The first kappa shape index (κ1) is 16.8. The molecule has 0 spiro atoms. The lowest BCUT2D eigenvalue weighted by Crippen LogP contribution is -2.46. The van der Waals surface area contributed by atoms with E-state index in [1.54, 1.807) is 0 Å². The summed E-state index contributed by atoms with van der Waals surface area (Å²) in [7, 11) is 0. The lowest BCUT2D eigenvalue weighted by Gasteiger charge is -2.31. The summed E-state index contributed by atoms with van der Waals surface area (Å²) in [6.45, 7) is 0.315. The number of carboxylic acid groups (broad SMARTS) is 2. The van der Waals surface area contributed by atoms with Gasteiger partial charge in [-0.1, -0.05) is 0 Å². The predicted molar refractivity (Wildman–Crippen MR) is 61.5 cm³/mol. The summed E-state index contributed by atoms with van der Waals surface area (Å²) in [5, 5.41) is 36.4. The largest absolute Gasteiger partial charge is 0.481 e. The van der Waals surface area contributed by atoms with E-state index >= 15 is 0 Å². The molecular formula is C10H20N2O6. The van der Waals surface area contributed by atoms with E-state index in [0.29, 0.717) is 0 Å².